The highest BCUT2D eigenvalue weighted by atomic mass is 19.4. The van der Waals surface area contributed by atoms with E-state index in [0.29, 0.717) is 19.5 Å². The van der Waals surface area contributed by atoms with Crippen molar-refractivity contribution >= 4 is 11.7 Å². The van der Waals surface area contributed by atoms with E-state index in [2.05, 4.69) is 10.3 Å². The SMILES string of the molecule is N#Cc1ccc(C(F)(F)F)nc1NCC1CC(=O)N(CCc2ccccc2)C1. The van der Waals surface area contributed by atoms with Crippen LogP contribution in [0.4, 0.5) is 19.0 Å². The predicted molar refractivity (Wildman–Crippen MR) is 97.3 cm³/mol. The highest BCUT2D eigenvalue weighted by Gasteiger charge is 2.33. The minimum Gasteiger partial charge on any atom is -0.369 e. The molecule has 1 aromatic heterocycles. The second-order valence-corrected chi connectivity index (χ2v) is 6.73. The summed E-state index contributed by atoms with van der Waals surface area (Å²) in [6, 6.07) is 13.6. The molecule has 3 rings (SSSR count). The Morgan fingerprint density at radius 3 is 2.64 bits per heavy atom. The first kappa shape index (κ1) is 19.7. The van der Waals surface area contributed by atoms with Gasteiger partial charge in [-0.05, 0) is 24.1 Å². The molecular weight excluding hydrogens is 369 g/mol. The van der Waals surface area contributed by atoms with Crippen LogP contribution < -0.4 is 5.32 Å². The van der Waals surface area contributed by atoms with Gasteiger partial charge in [0.25, 0.3) is 0 Å². The molecule has 5 nitrogen and oxygen atoms in total. The van der Waals surface area contributed by atoms with E-state index in [4.69, 9.17) is 5.26 Å². The van der Waals surface area contributed by atoms with Crippen LogP contribution in [0.25, 0.3) is 0 Å². The number of carbonyl (C=O) groups is 1. The van der Waals surface area contributed by atoms with Gasteiger partial charge in [-0.15, -0.1) is 0 Å². The van der Waals surface area contributed by atoms with Crippen molar-refractivity contribution in [2.45, 2.75) is 19.0 Å². The fraction of sp³-hybridized carbons (Fsp3) is 0.350. The second-order valence-electron chi connectivity index (χ2n) is 6.73. The number of aromatic nitrogens is 1. The number of nitrogens with zero attached hydrogens (tertiary/aromatic N) is 3. The van der Waals surface area contributed by atoms with Gasteiger partial charge in [-0.3, -0.25) is 4.79 Å². The smallest absolute Gasteiger partial charge is 0.369 e. The molecule has 1 amide bonds. The van der Waals surface area contributed by atoms with Gasteiger partial charge in [0.15, 0.2) is 0 Å². The Morgan fingerprint density at radius 2 is 1.96 bits per heavy atom. The third kappa shape index (κ3) is 4.80. The third-order valence-electron chi connectivity index (χ3n) is 4.67. The van der Waals surface area contributed by atoms with Gasteiger partial charge < -0.3 is 10.2 Å². The van der Waals surface area contributed by atoms with Gasteiger partial charge >= 0.3 is 6.18 Å². The minimum atomic E-state index is -4.58. The molecule has 1 unspecified atom stereocenters. The number of nitrogens with one attached hydrogen (secondary N) is 1. The first-order valence-corrected chi connectivity index (χ1v) is 8.90. The van der Waals surface area contributed by atoms with Crippen molar-refractivity contribution in [3.63, 3.8) is 0 Å². The number of rotatable bonds is 6. The molecule has 28 heavy (non-hydrogen) atoms. The number of anilines is 1. The van der Waals surface area contributed by atoms with E-state index in [1.54, 1.807) is 4.90 Å². The van der Waals surface area contributed by atoms with Crippen molar-refractivity contribution in [3.05, 3.63) is 59.3 Å². The Hall–Kier alpha value is -3.08. The van der Waals surface area contributed by atoms with Gasteiger partial charge in [0, 0.05) is 32.0 Å². The minimum absolute atomic E-state index is 0.0280. The number of likely N-dealkylation sites (tertiary alicyclic amines) is 1. The average molecular weight is 388 g/mol. The van der Waals surface area contributed by atoms with Crippen molar-refractivity contribution in [2.24, 2.45) is 5.92 Å². The fourth-order valence-corrected chi connectivity index (χ4v) is 3.20. The van der Waals surface area contributed by atoms with Gasteiger partial charge in [0.05, 0.1) is 5.56 Å². The largest absolute Gasteiger partial charge is 0.433 e. The predicted octanol–water partition coefficient (Wildman–Crippen LogP) is 3.48. The molecule has 0 aliphatic carbocycles. The zero-order chi connectivity index (χ0) is 20.1. The first-order chi connectivity index (χ1) is 13.4. The van der Waals surface area contributed by atoms with Crippen LogP contribution in [-0.2, 0) is 17.4 Å². The van der Waals surface area contributed by atoms with Crippen molar-refractivity contribution in [3.8, 4) is 6.07 Å². The standard InChI is InChI=1S/C20H19F3N4O/c21-20(22,23)17-7-6-16(11-24)19(26-17)25-12-15-10-18(28)27(13-15)9-8-14-4-2-1-3-5-14/h1-7,15H,8-10,12-13H2,(H,25,26). The Labute approximate surface area is 160 Å². The number of nitriles is 1. The maximum absolute atomic E-state index is 12.8. The van der Waals surface area contributed by atoms with Crippen molar-refractivity contribution in [1.29, 1.82) is 5.26 Å². The molecule has 1 fully saturated rings. The van der Waals surface area contributed by atoms with Crippen LogP contribution in [0.1, 0.15) is 23.2 Å². The van der Waals surface area contributed by atoms with Crippen LogP contribution in [0.5, 0.6) is 0 Å². The average Bonchev–Trinajstić information content (AvgIpc) is 3.04. The van der Waals surface area contributed by atoms with Crippen LogP contribution in [0.3, 0.4) is 0 Å². The van der Waals surface area contributed by atoms with E-state index < -0.39 is 11.9 Å². The van der Waals surface area contributed by atoms with Crippen LogP contribution in [0.2, 0.25) is 0 Å². The van der Waals surface area contributed by atoms with E-state index >= 15 is 0 Å². The summed E-state index contributed by atoms with van der Waals surface area (Å²) in [5.74, 6) is -0.126. The molecule has 2 aromatic rings. The van der Waals surface area contributed by atoms with E-state index in [9.17, 15) is 18.0 Å². The molecule has 1 atom stereocenters. The van der Waals surface area contributed by atoms with E-state index in [1.807, 2.05) is 36.4 Å². The number of benzene rings is 1. The summed E-state index contributed by atoms with van der Waals surface area (Å²) >= 11 is 0. The lowest BCUT2D eigenvalue weighted by Gasteiger charge is -2.17. The summed E-state index contributed by atoms with van der Waals surface area (Å²) in [5, 5.41) is 11.9. The Kier molecular flexibility index (Phi) is 5.83. The van der Waals surface area contributed by atoms with Crippen LogP contribution in [0, 0.1) is 17.2 Å². The molecule has 0 bridgehead atoms. The van der Waals surface area contributed by atoms with E-state index in [1.165, 1.54) is 0 Å². The Morgan fingerprint density at radius 1 is 1.21 bits per heavy atom. The summed E-state index contributed by atoms with van der Waals surface area (Å²) in [4.78, 5) is 17.5. The van der Waals surface area contributed by atoms with Crippen LogP contribution in [0.15, 0.2) is 42.5 Å². The van der Waals surface area contributed by atoms with Crippen molar-refractivity contribution in [1.82, 2.24) is 9.88 Å². The lowest BCUT2D eigenvalue weighted by Crippen LogP contribution is -2.28. The van der Waals surface area contributed by atoms with Gasteiger partial charge in [0.1, 0.15) is 17.6 Å². The number of halogens is 3. The van der Waals surface area contributed by atoms with Gasteiger partial charge in [-0.2, -0.15) is 18.4 Å². The highest BCUT2D eigenvalue weighted by Crippen LogP contribution is 2.29. The second kappa shape index (κ2) is 8.30. The summed E-state index contributed by atoms with van der Waals surface area (Å²) in [5.41, 5.74) is 0.128. The molecule has 1 aliphatic heterocycles. The molecule has 1 N–H and O–H groups in total. The lowest BCUT2D eigenvalue weighted by molar-refractivity contribution is -0.141. The molecule has 146 valence electrons. The number of hydrogen-bond acceptors (Lipinski definition) is 4. The number of hydrogen-bond donors (Lipinski definition) is 1. The molecule has 1 aliphatic rings. The fourth-order valence-electron chi connectivity index (χ4n) is 3.20. The van der Waals surface area contributed by atoms with Crippen LogP contribution >= 0.6 is 0 Å². The highest BCUT2D eigenvalue weighted by molar-refractivity contribution is 5.78. The van der Waals surface area contributed by atoms with Crippen LogP contribution in [-0.4, -0.2) is 35.4 Å². The molecule has 2 heterocycles. The monoisotopic (exact) mass is 388 g/mol. The first-order valence-electron chi connectivity index (χ1n) is 8.90. The van der Waals surface area contributed by atoms with Gasteiger partial charge in [-0.25, -0.2) is 4.98 Å². The molecule has 8 heteroatoms. The van der Waals surface area contributed by atoms with Crippen molar-refractivity contribution < 1.29 is 18.0 Å². The number of alkyl halides is 3. The zero-order valence-corrected chi connectivity index (χ0v) is 15.0. The summed E-state index contributed by atoms with van der Waals surface area (Å²) < 4.78 is 38.5. The van der Waals surface area contributed by atoms with Gasteiger partial charge in [-0.1, -0.05) is 30.3 Å². The summed E-state index contributed by atoms with van der Waals surface area (Å²) in [7, 11) is 0. The summed E-state index contributed by atoms with van der Waals surface area (Å²) in [6.07, 6.45) is -3.51. The maximum Gasteiger partial charge on any atom is 0.433 e. The van der Waals surface area contributed by atoms with Gasteiger partial charge in [0.2, 0.25) is 5.91 Å². The Balaban J connectivity index is 1.58. The van der Waals surface area contributed by atoms with Crippen molar-refractivity contribution in [2.75, 3.05) is 25.0 Å². The third-order valence-corrected chi connectivity index (χ3v) is 4.67. The quantitative estimate of drug-likeness (QED) is 0.823. The molecule has 1 saturated heterocycles. The zero-order valence-electron chi connectivity index (χ0n) is 15.0. The molecule has 0 spiro atoms. The topological polar surface area (TPSA) is 69.0 Å². The summed E-state index contributed by atoms with van der Waals surface area (Å²) in [6.45, 7) is 1.40. The molecule has 1 aromatic carbocycles. The number of pyridine rings is 1. The molecular formula is C20H19F3N4O. The number of amides is 1. The molecule has 0 saturated carbocycles. The van der Waals surface area contributed by atoms with E-state index in [-0.39, 0.29) is 29.8 Å². The lowest BCUT2D eigenvalue weighted by atomic mass is 10.1. The normalized spacial score (nSPS) is 16.9. The Bertz CT molecular complexity index is 877. The number of carbonyl (C=O) groups excluding carboxylic acids is 1. The maximum atomic E-state index is 12.8. The molecule has 0 radical (unpaired) electrons. The van der Waals surface area contributed by atoms with E-state index in [0.717, 1.165) is 24.1 Å².